The second-order valence-corrected chi connectivity index (χ2v) is 7.00. The molecule has 3 atom stereocenters. The van der Waals surface area contributed by atoms with E-state index in [0.717, 1.165) is 0 Å². The number of fused-ring (bicyclic) bond motifs is 2. The number of allylic oxidation sites excluding steroid dienone is 1. The van der Waals surface area contributed by atoms with Crippen LogP contribution in [0, 0.1) is 0 Å². The van der Waals surface area contributed by atoms with Crippen molar-refractivity contribution in [2.75, 3.05) is 0 Å². The summed E-state index contributed by atoms with van der Waals surface area (Å²) in [4.78, 5) is 24.8. The largest absolute Gasteiger partial charge is 0.507 e. The molecule has 0 saturated heterocycles. The fraction of sp³-hybridized carbons (Fsp3) is 0.200. The van der Waals surface area contributed by atoms with Gasteiger partial charge in [0.25, 0.3) is 0 Å². The number of ketones is 2. The number of aliphatic hydroxyl groups excluding tert-OH is 1. The van der Waals surface area contributed by atoms with E-state index >= 15 is 0 Å². The van der Waals surface area contributed by atoms with Crippen molar-refractivity contribution >= 4 is 11.6 Å². The molecule has 3 aliphatic carbocycles. The summed E-state index contributed by atoms with van der Waals surface area (Å²) in [6.45, 7) is 0. The Balaban J connectivity index is 2.00. The highest BCUT2D eigenvalue weighted by Gasteiger charge is 2.54. The Labute approximate surface area is 147 Å². The third-order valence-corrected chi connectivity index (χ3v) is 5.68. The van der Waals surface area contributed by atoms with Crippen molar-refractivity contribution in [1.29, 1.82) is 0 Å². The highest BCUT2D eigenvalue weighted by molar-refractivity contribution is 6.12. The van der Waals surface area contributed by atoms with Gasteiger partial charge in [-0.25, -0.2) is 0 Å². The number of rotatable bonds is 0. The maximum atomic E-state index is 12.4. The van der Waals surface area contributed by atoms with E-state index in [2.05, 4.69) is 0 Å². The van der Waals surface area contributed by atoms with Gasteiger partial charge in [0.05, 0.1) is 17.2 Å². The fourth-order valence-corrected chi connectivity index (χ4v) is 4.68. The van der Waals surface area contributed by atoms with Crippen LogP contribution in [0.3, 0.4) is 0 Å². The summed E-state index contributed by atoms with van der Waals surface area (Å²) in [5, 5.41) is 42.6. The van der Waals surface area contributed by atoms with Crippen molar-refractivity contribution in [3.05, 3.63) is 58.7 Å². The number of benzene rings is 2. The highest BCUT2D eigenvalue weighted by atomic mass is 16.3. The van der Waals surface area contributed by atoms with Gasteiger partial charge in [-0.3, -0.25) is 9.59 Å². The summed E-state index contributed by atoms with van der Waals surface area (Å²) in [5.74, 6) is -2.22. The number of phenols is 2. The van der Waals surface area contributed by atoms with Crippen LogP contribution in [0.25, 0.3) is 11.1 Å². The molecular formula is C20H14O6. The molecule has 6 nitrogen and oxygen atoms in total. The first-order chi connectivity index (χ1) is 12.3. The summed E-state index contributed by atoms with van der Waals surface area (Å²) >= 11 is 0. The summed E-state index contributed by atoms with van der Waals surface area (Å²) in [6, 6.07) is 5.93. The average Bonchev–Trinajstić information content (AvgIpc) is 2.58. The van der Waals surface area contributed by atoms with Crippen LogP contribution in [0.1, 0.15) is 44.2 Å². The number of phenolic OH excluding ortho intramolecular Hbond substituents is 2. The number of hydrogen-bond donors (Lipinski definition) is 4. The molecule has 0 bridgehead atoms. The lowest BCUT2D eigenvalue weighted by Gasteiger charge is -2.47. The molecule has 3 aliphatic rings. The standard InChI is InChI=1S/C20H14O6/c21-10-3-1-8-9-2-4-11(22)17-12(23)5-6-20(26,18(9)17)19-14(25)7-13(24)16(10)15(8)19/h1-6,14,19,21-22,25-26H,7H2/t14-,19+,20-/m0/s1. The van der Waals surface area contributed by atoms with Crippen LogP contribution in [-0.4, -0.2) is 38.1 Å². The lowest BCUT2D eigenvalue weighted by molar-refractivity contribution is -0.0113. The topological polar surface area (TPSA) is 115 Å². The molecule has 0 unspecified atom stereocenters. The van der Waals surface area contributed by atoms with Crippen LogP contribution in [0.2, 0.25) is 0 Å². The predicted molar refractivity (Wildman–Crippen MR) is 90.3 cm³/mol. The summed E-state index contributed by atoms with van der Waals surface area (Å²) in [6.07, 6.45) is 1.04. The first kappa shape index (κ1) is 15.3. The molecular weight excluding hydrogens is 336 g/mol. The normalized spacial score (nSPS) is 27.9. The van der Waals surface area contributed by atoms with E-state index in [1.54, 1.807) is 12.1 Å². The molecule has 5 rings (SSSR count). The van der Waals surface area contributed by atoms with Gasteiger partial charge >= 0.3 is 0 Å². The molecule has 0 radical (unpaired) electrons. The zero-order chi connectivity index (χ0) is 18.4. The lowest BCUT2D eigenvalue weighted by atomic mass is 9.59. The Morgan fingerprint density at radius 2 is 1.62 bits per heavy atom. The number of Topliss-reactive ketones (excluding diaryl/α,β-unsaturated/α-hetero) is 1. The van der Waals surface area contributed by atoms with Crippen LogP contribution < -0.4 is 0 Å². The SMILES string of the molecule is O=C1C[C@H](O)[C@@H]2c3c(ccc(O)c31)-c1ccc(O)c3c1[C@@]2(O)C=CC3=O. The monoisotopic (exact) mass is 350 g/mol. The van der Waals surface area contributed by atoms with Crippen molar-refractivity contribution < 1.29 is 30.0 Å². The van der Waals surface area contributed by atoms with Gasteiger partial charge < -0.3 is 20.4 Å². The zero-order valence-electron chi connectivity index (χ0n) is 13.4. The maximum absolute atomic E-state index is 12.4. The number of hydrogen-bond acceptors (Lipinski definition) is 6. The molecule has 0 amide bonds. The third-order valence-electron chi connectivity index (χ3n) is 5.68. The Morgan fingerprint density at radius 1 is 0.962 bits per heavy atom. The zero-order valence-corrected chi connectivity index (χ0v) is 13.4. The smallest absolute Gasteiger partial charge is 0.189 e. The number of aliphatic hydroxyl groups is 2. The molecule has 0 aliphatic heterocycles. The fourth-order valence-electron chi connectivity index (χ4n) is 4.68. The molecule has 0 saturated carbocycles. The molecule has 0 aromatic heterocycles. The molecule has 2 aromatic carbocycles. The van der Waals surface area contributed by atoms with E-state index in [4.69, 9.17) is 0 Å². The molecule has 130 valence electrons. The molecule has 0 heterocycles. The van der Waals surface area contributed by atoms with E-state index in [9.17, 15) is 30.0 Å². The highest BCUT2D eigenvalue weighted by Crippen LogP contribution is 2.58. The van der Waals surface area contributed by atoms with Crippen LogP contribution in [0.4, 0.5) is 0 Å². The molecule has 0 fully saturated rings. The van der Waals surface area contributed by atoms with Gasteiger partial charge in [0.1, 0.15) is 17.1 Å². The maximum Gasteiger partial charge on any atom is 0.189 e. The molecule has 6 heteroatoms. The third kappa shape index (κ3) is 1.58. The van der Waals surface area contributed by atoms with Gasteiger partial charge in [0.15, 0.2) is 11.6 Å². The van der Waals surface area contributed by atoms with Crippen LogP contribution in [0.5, 0.6) is 11.5 Å². The van der Waals surface area contributed by atoms with Crippen molar-refractivity contribution in [3.8, 4) is 22.6 Å². The van der Waals surface area contributed by atoms with Crippen molar-refractivity contribution in [1.82, 2.24) is 0 Å². The lowest BCUT2D eigenvalue weighted by Crippen LogP contribution is -2.47. The minimum Gasteiger partial charge on any atom is -0.507 e. The predicted octanol–water partition coefficient (Wildman–Crippen LogP) is 1.75. The number of aromatic hydroxyl groups is 2. The number of carbonyl (C=O) groups excluding carboxylic acids is 2. The van der Waals surface area contributed by atoms with Gasteiger partial charge in [-0.1, -0.05) is 12.1 Å². The Bertz CT molecular complexity index is 1070. The summed E-state index contributed by atoms with van der Waals surface area (Å²) in [7, 11) is 0. The Morgan fingerprint density at radius 3 is 2.35 bits per heavy atom. The van der Waals surface area contributed by atoms with E-state index in [1.807, 2.05) is 0 Å². The quantitative estimate of drug-likeness (QED) is 0.575. The second-order valence-electron chi connectivity index (χ2n) is 7.00. The number of carbonyl (C=O) groups is 2. The van der Waals surface area contributed by atoms with E-state index < -0.39 is 29.2 Å². The van der Waals surface area contributed by atoms with Gasteiger partial charge in [-0.05, 0) is 41.0 Å². The summed E-state index contributed by atoms with van der Waals surface area (Å²) < 4.78 is 0. The molecule has 26 heavy (non-hydrogen) atoms. The Kier molecular flexibility index (Phi) is 2.71. The minimum absolute atomic E-state index is 0.00289. The Hall–Kier alpha value is -2.96. The molecule has 0 spiro atoms. The first-order valence-electron chi connectivity index (χ1n) is 8.24. The van der Waals surface area contributed by atoms with Crippen LogP contribution >= 0.6 is 0 Å². The van der Waals surface area contributed by atoms with Gasteiger partial charge in [-0.15, -0.1) is 0 Å². The van der Waals surface area contributed by atoms with E-state index in [1.165, 1.54) is 24.3 Å². The van der Waals surface area contributed by atoms with Gasteiger partial charge in [0.2, 0.25) is 0 Å². The van der Waals surface area contributed by atoms with Crippen molar-refractivity contribution in [2.45, 2.75) is 24.0 Å². The van der Waals surface area contributed by atoms with Crippen LogP contribution in [0.15, 0.2) is 36.4 Å². The first-order valence-corrected chi connectivity index (χ1v) is 8.24. The van der Waals surface area contributed by atoms with Crippen molar-refractivity contribution in [3.63, 3.8) is 0 Å². The molecule has 4 N–H and O–H groups in total. The second kappa shape index (κ2) is 4.60. The average molecular weight is 350 g/mol. The van der Waals surface area contributed by atoms with E-state index in [0.29, 0.717) is 16.7 Å². The van der Waals surface area contributed by atoms with Crippen molar-refractivity contribution in [2.24, 2.45) is 0 Å². The summed E-state index contributed by atoms with van der Waals surface area (Å²) in [5.41, 5.74) is -0.0283. The van der Waals surface area contributed by atoms with Gasteiger partial charge in [-0.2, -0.15) is 0 Å². The molecule has 2 aromatic rings. The van der Waals surface area contributed by atoms with Gasteiger partial charge in [0, 0.05) is 17.9 Å². The van der Waals surface area contributed by atoms with E-state index in [-0.39, 0.29) is 34.6 Å². The van der Waals surface area contributed by atoms with Crippen LogP contribution in [-0.2, 0) is 5.60 Å². The minimum atomic E-state index is -1.77.